The average Bonchev–Trinajstić information content (AvgIpc) is 2.12. The summed E-state index contributed by atoms with van der Waals surface area (Å²) in [5.74, 6) is -0.676. The van der Waals surface area contributed by atoms with E-state index in [1.807, 2.05) is 53.7 Å². The highest BCUT2D eigenvalue weighted by atomic mass is 16.1. The molecule has 0 saturated carbocycles. The molecule has 0 heterocycles. The number of allylic oxidation sites excluding steroid dienone is 2. The monoisotopic (exact) mass is 282 g/mol. The van der Waals surface area contributed by atoms with Gasteiger partial charge in [-0.15, -0.1) is 0 Å². The van der Waals surface area contributed by atoms with E-state index in [0.29, 0.717) is 11.1 Å². The van der Waals surface area contributed by atoms with Crippen LogP contribution in [0, 0.1) is 10.8 Å². The van der Waals surface area contributed by atoms with Crippen molar-refractivity contribution in [3.63, 3.8) is 0 Å². The second-order valence-corrected chi connectivity index (χ2v) is 7.12. The zero-order valence-corrected chi connectivity index (χ0v) is 14.1. The Balaban J connectivity index is 0. The minimum absolute atomic E-state index is 0.0408. The van der Waals surface area contributed by atoms with Crippen LogP contribution < -0.4 is 11.5 Å². The normalized spacial score (nSPS) is 13.4. The minimum atomic E-state index is -0.338. The lowest BCUT2D eigenvalue weighted by Crippen LogP contribution is -2.14. The highest BCUT2D eigenvalue weighted by Crippen LogP contribution is 2.17. The van der Waals surface area contributed by atoms with E-state index in [0.717, 1.165) is 0 Å². The van der Waals surface area contributed by atoms with E-state index in [4.69, 9.17) is 11.5 Å². The first kappa shape index (κ1) is 20.7. The first-order chi connectivity index (χ1) is 8.65. The molecule has 0 saturated heterocycles. The van der Waals surface area contributed by atoms with Crippen LogP contribution in [-0.4, -0.2) is 11.8 Å². The van der Waals surface area contributed by atoms with Gasteiger partial charge in [-0.2, -0.15) is 0 Å². The summed E-state index contributed by atoms with van der Waals surface area (Å²) in [6, 6.07) is 0. The fourth-order valence-corrected chi connectivity index (χ4v) is 1.44. The Morgan fingerprint density at radius 3 is 0.950 bits per heavy atom. The van der Waals surface area contributed by atoms with Gasteiger partial charge in [0.25, 0.3) is 0 Å². The number of hydrogen-bond donors (Lipinski definition) is 2. The van der Waals surface area contributed by atoms with Crippen LogP contribution in [0.25, 0.3) is 0 Å². The quantitative estimate of drug-likeness (QED) is 0.763. The SMILES string of the molecule is CC(=CC(C)(C)C)C(N)=O.CC(=CC(C)(C)C)C(N)=O. The molecule has 0 radical (unpaired) electrons. The van der Waals surface area contributed by atoms with Crippen LogP contribution in [-0.2, 0) is 9.59 Å². The highest BCUT2D eigenvalue weighted by Gasteiger charge is 2.08. The largest absolute Gasteiger partial charge is 0.366 e. The third-order valence-electron chi connectivity index (χ3n) is 2.08. The van der Waals surface area contributed by atoms with Crippen molar-refractivity contribution < 1.29 is 9.59 Å². The van der Waals surface area contributed by atoms with Gasteiger partial charge in [-0.1, -0.05) is 53.7 Å². The fourth-order valence-electron chi connectivity index (χ4n) is 1.44. The molecule has 0 aromatic rings. The lowest BCUT2D eigenvalue weighted by atomic mass is 9.94. The number of amides is 2. The summed E-state index contributed by atoms with van der Waals surface area (Å²) in [5.41, 5.74) is 11.4. The summed E-state index contributed by atoms with van der Waals surface area (Å²) in [6.45, 7) is 15.6. The van der Waals surface area contributed by atoms with Gasteiger partial charge < -0.3 is 11.5 Å². The van der Waals surface area contributed by atoms with Crippen molar-refractivity contribution in [2.75, 3.05) is 0 Å². The van der Waals surface area contributed by atoms with Crippen LogP contribution in [0.15, 0.2) is 23.3 Å². The molecular formula is C16H30N2O2. The predicted molar refractivity (Wildman–Crippen MR) is 84.8 cm³/mol. The molecule has 4 nitrogen and oxygen atoms in total. The van der Waals surface area contributed by atoms with E-state index in [9.17, 15) is 9.59 Å². The second kappa shape index (κ2) is 7.88. The Bertz CT molecular complexity index is 365. The molecule has 2 amide bonds. The lowest BCUT2D eigenvalue weighted by Gasteiger charge is -2.12. The zero-order valence-electron chi connectivity index (χ0n) is 14.1. The third kappa shape index (κ3) is 14.5. The molecule has 0 aromatic heterocycles. The lowest BCUT2D eigenvalue weighted by molar-refractivity contribution is -0.115. The molecule has 0 aliphatic heterocycles. The molecule has 0 aromatic carbocycles. The highest BCUT2D eigenvalue weighted by molar-refractivity contribution is 5.91. The van der Waals surface area contributed by atoms with E-state index in [2.05, 4.69) is 0 Å². The molecule has 0 aliphatic rings. The average molecular weight is 282 g/mol. The van der Waals surface area contributed by atoms with Crippen LogP contribution in [0.5, 0.6) is 0 Å². The third-order valence-corrected chi connectivity index (χ3v) is 2.08. The topological polar surface area (TPSA) is 86.2 Å². The van der Waals surface area contributed by atoms with Gasteiger partial charge in [0.2, 0.25) is 11.8 Å². The van der Waals surface area contributed by atoms with Crippen molar-refractivity contribution in [3.05, 3.63) is 23.3 Å². The standard InChI is InChI=1S/2C8H15NO/c2*1-6(7(9)10)5-8(2,3)4/h2*5H,1-4H3,(H2,9,10). The Hall–Kier alpha value is -1.58. The van der Waals surface area contributed by atoms with Crippen molar-refractivity contribution in [2.24, 2.45) is 22.3 Å². The van der Waals surface area contributed by atoms with Crippen molar-refractivity contribution >= 4 is 11.8 Å². The van der Waals surface area contributed by atoms with E-state index in [-0.39, 0.29) is 22.6 Å². The maximum Gasteiger partial charge on any atom is 0.244 e. The predicted octanol–water partition coefficient (Wildman–Crippen LogP) is 2.93. The Morgan fingerprint density at radius 2 is 0.900 bits per heavy atom. The summed E-state index contributed by atoms with van der Waals surface area (Å²) in [7, 11) is 0. The van der Waals surface area contributed by atoms with Gasteiger partial charge in [0.1, 0.15) is 0 Å². The molecule has 0 atom stereocenters. The molecule has 0 spiro atoms. The van der Waals surface area contributed by atoms with E-state index in [1.165, 1.54) is 0 Å². The van der Waals surface area contributed by atoms with Crippen LogP contribution >= 0.6 is 0 Å². The van der Waals surface area contributed by atoms with Crippen LogP contribution in [0.2, 0.25) is 0 Å². The molecule has 20 heavy (non-hydrogen) atoms. The van der Waals surface area contributed by atoms with Gasteiger partial charge >= 0.3 is 0 Å². The van der Waals surface area contributed by atoms with Gasteiger partial charge in [-0.3, -0.25) is 9.59 Å². The number of hydrogen-bond acceptors (Lipinski definition) is 2. The second-order valence-electron chi connectivity index (χ2n) is 7.12. The van der Waals surface area contributed by atoms with Crippen molar-refractivity contribution in [2.45, 2.75) is 55.4 Å². The zero-order chi connectivity index (χ0) is 16.7. The fraction of sp³-hybridized carbons (Fsp3) is 0.625. The minimum Gasteiger partial charge on any atom is -0.366 e. The molecule has 0 rings (SSSR count). The molecule has 0 unspecified atom stereocenters. The summed E-state index contributed by atoms with van der Waals surface area (Å²) < 4.78 is 0. The molecule has 0 fully saturated rings. The first-order valence-corrected chi connectivity index (χ1v) is 6.64. The van der Waals surface area contributed by atoms with Gasteiger partial charge in [-0.25, -0.2) is 0 Å². The van der Waals surface area contributed by atoms with Crippen LogP contribution in [0.1, 0.15) is 55.4 Å². The van der Waals surface area contributed by atoms with Crippen LogP contribution in [0.4, 0.5) is 0 Å². The van der Waals surface area contributed by atoms with Crippen molar-refractivity contribution in [3.8, 4) is 0 Å². The van der Waals surface area contributed by atoms with Gasteiger partial charge in [0, 0.05) is 11.1 Å². The van der Waals surface area contributed by atoms with Crippen molar-refractivity contribution in [1.29, 1.82) is 0 Å². The number of carbonyl (C=O) groups is 2. The number of carbonyl (C=O) groups excluding carboxylic acids is 2. The molecule has 4 heteroatoms. The Morgan fingerprint density at radius 1 is 0.700 bits per heavy atom. The first-order valence-electron chi connectivity index (χ1n) is 6.64. The number of primary amides is 2. The molecule has 116 valence electrons. The molecule has 4 N–H and O–H groups in total. The summed E-state index contributed by atoms with van der Waals surface area (Å²) in [6.07, 6.45) is 3.74. The number of nitrogens with two attached hydrogens (primary N) is 2. The Kier molecular flexibility index (Phi) is 8.16. The maximum atomic E-state index is 10.5. The van der Waals surface area contributed by atoms with E-state index in [1.54, 1.807) is 13.8 Å². The molecular weight excluding hydrogens is 252 g/mol. The molecule has 0 bridgehead atoms. The summed E-state index contributed by atoms with van der Waals surface area (Å²) >= 11 is 0. The van der Waals surface area contributed by atoms with E-state index < -0.39 is 0 Å². The molecule has 0 aliphatic carbocycles. The number of rotatable bonds is 2. The maximum absolute atomic E-state index is 10.5. The van der Waals surface area contributed by atoms with Crippen LogP contribution in [0.3, 0.4) is 0 Å². The van der Waals surface area contributed by atoms with Gasteiger partial charge in [-0.05, 0) is 24.7 Å². The van der Waals surface area contributed by atoms with Crippen molar-refractivity contribution in [1.82, 2.24) is 0 Å². The summed E-state index contributed by atoms with van der Waals surface area (Å²) in [4.78, 5) is 21.1. The smallest absolute Gasteiger partial charge is 0.244 e. The van der Waals surface area contributed by atoms with E-state index >= 15 is 0 Å². The van der Waals surface area contributed by atoms with Gasteiger partial charge in [0.05, 0.1) is 0 Å². The van der Waals surface area contributed by atoms with Gasteiger partial charge in [0.15, 0.2) is 0 Å². The Labute approximate surface area is 123 Å². The summed E-state index contributed by atoms with van der Waals surface area (Å²) in [5, 5.41) is 0.